The number of phosphoric acid groups is 1. The average molecular weight is 1320 g/mol. The quantitative estimate of drug-likeness (QED) is 0.0157. The lowest BCUT2D eigenvalue weighted by atomic mass is 9.96. The number of carbonyl (C=O) groups is 2. The molecule has 2 amide bonds. The summed E-state index contributed by atoms with van der Waals surface area (Å²) in [6.07, 6.45) is -64.3. The lowest BCUT2D eigenvalue weighted by Crippen LogP contribution is -2.67. The van der Waals surface area contributed by atoms with Crippen LogP contribution in [-0.2, 0) is 89.6 Å². The lowest BCUT2D eigenvalue weighted by molar-refractivity contribution is -0.390. The van der Waals surface area contributed by atoms with Crippen LogP contribution < -0.4 is 16.7 Å². The maximum atomic E-state index is 12.4. The predicted molar refractivity (Wildman–Crippen MR) is 261 cm³/mol. The first-order chi connectivity index (χ1) is 40.9. The standard InChI is InChI=1S/C42H75N3O40P2/c43-74-9-18(49)45-44-17(48)2-1-3-71-38-33(64)34(82-42-36(29(60)20(51)12(5-47)77-42)84-40-32(63)27(58)23(54)16(81-40)10-86(66,67)85-65)24(55)14(79-38)7-72-37-30(61)25(56)21(52)13(78-37)6-73-41-35(28(59)19(50)11(4-46)76-41)83-39-31(62)26(57)22(53)15(80-39)8-75-87(68,69)70/h11-16,19-42,46-47,50-65H,1-10,43H2,(H,44,48)(H,45,49)(H,66,67)(H2,68,69,70)/t11-,12-,13-,14-,15-,16-,19-,20-,21-,22-,23-,24-,25+,26+,27+,28+,29+,30+,31+,32+,33+,34+,35+,36+,37+,38-,39-,40-,41+,42-/m1/s1. The van der Waals surface area contributed by atoms with Crippen LogP contribution in [0.2, 0.25) is 0 Å². The Morgan fingerprint density at radius 3 is 1.36 bits per heavy atom. The first kappa shape index (κ1) is 74.0. The maximum Gasteiger partial charge on any atom is 0.469 e. The van der Waals surface area contributed by atoms with E-state index in [1.165, 1.54) is 0 Å². The summed E-state index contributed by atoms with van der Waals surface area (Å²) in [5.41, 5.74) is 4.06. The van der Waals surface area contributed by atoms with Gasteiger partial charge in [0.15, 0.2) is 37.7 Å². The van der Waals surface area contributed by atoms with E-state index in [1.807, 2.05) is 5.43 Å². The Morgan fingerprint density at radius 2 is 0.839 bits per heavy atom. The number of aliphatic hydroxyl groups excluding tert-OH is 17. The van der Waals surface area contributed by atoms with Crippen molar-refractivity contribution in [1.29, 1.82) is 0 Å². The van der Waals surface area contributed by atoms with E-state index in [9.17, 15) is 110 Å². The van der Waals surface area contributed by atoms with Gasteiger partial charge in [0, 0.05) is 6.42 Å². The highest BCUT2D eigenvalue weighted by Crippen LogP contribution is 2.44. The van der Waals surface area contributed by atoms with Gasteiger partial charge in [0.2, 0.25) is 5.91 Å². The molecule has 1 unspecified atom stereocenters. The van der Waals surface area contributed by atoms with Crippen LogP contribution in [0.15, 0.2) is 0 Å². The van der Waals surface area contributed by atoms with Gasteiger partial charge < -0.3 is 158 Å². The Hall–Kier alpha value is -2.08. The zero-order valence-corrected chi connectivity index (χ0v) is 46.8. The third kappa shape index (κ3) is 18.8. The Kier molecular flexibility index (Phi) is 27.8. The first-order valence-corrected chi connectivity index (χ1v) is 29.6. The van der Waals surface area contributed by atoms with Crippen LogP contribution >= 0.6 is 15.4 Å². The third-order valence-electron chi connectivity index (χ3n) is 14.4. The van der Waals surface area contributed by atoms with Gasteiger partial charge in [0.25, 0.3) is 5.91 Å². The normalized spacial score (nSPS) is 44.6. The number of hydrazine groups is 1. The highest BCUT2D eigenvalue weighted by atomic mass is 31.2. The number of aliphatic hydroxyl groups is 17. The van der Waals surface area contributed by atoms with Gasteiger partial charge in [-0.1, -0.05) is 0 Å². The van der Waals surface area contributed by atoms with Crippen molar-refractivity contribution in [3.05, 3.63) is 0 Å². The fraction of sp³-hybridized carbons (Fsp3) is 0.952. The Balaban J connectivity index is 1.20. The van der Waals surface area contributed by atoms with E-state index in [4.69, 9.17) is 77.8 Å². The Bertz CT molecular complexity index is 2240. The van der Waals surface area contributed by atoms with Gasteiger partial charge in [0.05, 0.1) is 45.8 Å². The molecule has 6 fully saturated rings. The number of ether oxygens (including phenoxy) is 12. The topological polar surface area (TPSA) is 682 Å². The number of carbonyl (C=O) groups excluding carboxylic acids is 2. The third-order valence-corrected chi connectivity index (χ3v) is 15.9. The number of nitrogens with one attached hydrogen (secondary N) is 2. The molecule has 45 heteroatoms. The molecule has 508 valence electrons. The number of amides is 2. The summed E-state index contributed by atoms with van der Waals surface area (Å²) >= 11 is 0. The van der Waals surface area contributed by atoms with E-state index in [1.54, 1.807) is 0 Å². The SMILES string of the molecule is NOCC(=O)NNC(=O)CCCO[C@@H]1O[C@H](CO[C@H]2O[C@H](CO[C@H]3O[C@H](CO)[C@@H](O)[C@H](O)[C@@H]3O[C@H]3O[C@H](COP(=O)(O)O)[C@@H](O)[C@H](O)[C@@H]3O)[C@@H](O)[C@H](O)[C@@H]2O)[C@@H](O)[C@H](O[C@H]2O[C@H](CO)[C@@H](O)[C@H](O)[C@@H]2O[C@H]2O[C@H](CP(=O)(O)OO)[C@@H](O)[C@H](O)[C@@H]2O)[C@@H]1O. The first-order valence-electron chi connectivity index (χ1n) is 26.3. The molecule has 25 N–H and O–H groups in total. The second kappa shape index (κ2) is 32.7. The Labute approximate surface area is 489 Å². The van der Waals surface area contributed by atoms with Gasteiger partial charge in [-0.2, -0.15) is 4.67 Å². The summed E-state index contributed by atoms with van der Waals surface area (Å²) in [7, 11) is -10.2. The maximum absolute atomic E-state index is 12.4. The molecular formula is C42H75N3O40P2. The number of nitrogens with two attached hydrogens (primary N) is 1. The van der Waals surface area contributed by atoms with Gasteiger partial charge in [-0.15, -0.1) is 0 Å². The molecule has 31 atom stereocenters. The van der Waals surface area contributed by atoms with Crippen LogP contribution in [0, 0.1) is 0 Å². The second-order valence-corrected chi connectivity index (χ2v) is 23.6. The van der Waals surface area contributed by atoms with Gasteiger partial charge in [-0.25, -0.2) is 15.7 Å². The van der Waals surface area contributed by atoms with Gasteiger partial charge >= 0.3 is 15.4 Å². The van der Waals surface area contributed by atoms with E-state index in [0.29, 0.717) is 0 Å². The van der Waals surface area contributed by atoms with Gasteiger partial charge in [-0.3, -0.25) is 34.4 Å². The van der Waals surface area contributed by atoms with Crippen LogP contribution in [0.3, 0.4) is 0 Å². The summed E-state index contributed by atoms with van der Waals surface area (Å²) in [4.78, 5) is 56.3. The largest absolute Gasteiger partial charge is 0.469 e. The molecule has 0 bridgehead atoms. The fourth-order valence-electron chi connectivity index (χ4n) is 9.54. The second-order valence-electron chi connectivity index (χ2n) is 20.5. The van der Waals surface area contributed by atoms with Crippen molar-refractivity contribution in [3.8, 4) is 0 Å². The number of rotatable bonds is 27. The lowest BCUT2D eigenvalue weighted by Gasteiger charge is -2.49. The van der Waals surface area contributed by atoms with Gasteiger partial charge in [0.1, 0.15) is 153 Å². The van der Waals surface area contributed by atoms with Crippen molar-refractivity contribution in [2.45, 2.75) is 197 Å². The summed E-state index contributed by atoms with van der Waals surface area (Å²) in [6, 6.07) is 0. The van der Waals surface area contributed by atoms with Gasteiger partial charge in [-0.05, 0) is 6.42 Å². The number of hydrogen-bond acceptors (Lipinski definition) is 38. The molecule has 0 spiro atoms. The molecule has 6 saturated heterocycles. The van der Waals surface area contributed by atoms with Crippen LogP contribution in [0.1, 0.15) is 12.8 Å². The fourth-order valence-corrected chi connectivity index (χ4v) is 10.7. The van der Waals surface area contributed by atoms with Crippen molar-refractivity contribution in [2.75, 3.05) is 52.4 Å². The minimum absolute atomic E-state index is 0.200. The molecule has 6 aliphatic heterocycles. The van der Waals surface area contributed by atoms with Crippen molar-refractivity contribution in [1.82, 2.24) is 10.9 Å². The Morgan fingerprint density at radius 1 is 0.437 bits per heavy atom. The van der Waals surface area contributed by atoms with E-state index < -0.39 is 264 Å². The molecule has 87 heavy (non-hydrogen) atoms. The predicted octanol–water partition coefficient (Wildman–Crippen LogP) is -14.5. The van der Waals surface area contributed by atoms with Crippen LogP contribution in [0.4, 0.5) is 0 Å². The molecule has 0 aromatic heterocycles. The minimum Gasteiger partial charge on any atom is -0.394 e. The van der Waals surface area contributed by atoms with E-state index in [0.717, 1.165) is 0 Å². The van der Waals surface area contributed by atoms with Crippen LogP contribution in [0.5, 0.6) is 0 Å². The highest BCUT2D eigenvalue weighted by Gasteiger charge is 2.57. The number of hydrogen-bond donors (Lipinski definition) is 24. The van der Waals surface area contributed by atoms with E-state index in [-0.39, 0.29) is 12.8 Å². The smallest absolute Gasteiger partial charge is 0.394 e. The van der Waals surface area contributed by atoms with Crippen molar-refractivity contribution in [3.63, 3.8) is 0 Å². The van der Waals surface area contributed by atoms with E-state index in [2.05, 4.69) is 19.5 Å². The molecule has 6 heterocycles. The van der Waals surface area contributed by atoms with Crippen molar-refractivity contribution < 1.29 is 196 Å². The average Bonchev–Trinajstić information content (AvgIpc) is 1.23. The zero-order chi connectivity index (χ0) is 64.6. The summed E-state index contributed by atoms with van der Waals surface area (Å²) in [5.74, 6) is 3.21. The summed E-state index contributed by atoms with van der Waals surface area (Å²) in [6.45, 7) is -6.25. The highest BCUT2D eigenvalue weighted by molar-refractivity contribution is 7.52. The summed E-state index contributed by atoms with van der Waals surface area (Å²) < 4.78 is 99.3. The van der Waals surface area contributed by atoms with Crippen molar-refractivity contribution >= 4 is 27.2 Å². The van der Waals surface area contributed by atoms with Crippen LogP contribution in [-0.4, -0.2) is 355 Å². The zero-order valence-electron chi connectivity index (χ0n) is 45.0. The minimum atomic E-state index is -5.20. The van der Waals surface area contributed by atoms with Crippen LogP contribution in [0.25, 0.3) is 0 Å². The van der Waals surface area contributed by atoms with E-state index >= 15 is 0 Å². The molecule has 43 nitrogen and oxygen atoms in total. The molecule has 6 rings (SSSR count). The monoisotopic (exact) mass is 1320 g/mol. The van der Waals surface area contributed by atoms with Crippen molar-refractivity contribution in [2.24, 2.45) is 5.90 Å². The number of phosphoric ester groups is 1. The molecule has 0 aliphatic carbocycles. The summed E-state index contributed by atoms with van der Waals surface area (Å²) in [5, 5.41) is 193. The molecule has 0 aromatic carbocycles. The molecule has 0 aromatic rings. The molecule has 0 radical (unpaired) electrons. The molecular weight excluding hydrogens is 1250 g/mol. The molecule has 6 aliphatic rings. The molecule has 0 saturated carbocycles.